The van der Waals surface area contributed by atoms with Gasteiger partial charge in [-0.1, -0.05) is 30.3 Å². The summed E-state index contributed by atoms with van der Waals surface area (Å²) in [6, 6.07) is 10.5. The van der Waals surface area contributed by atoms with Crippen LogP contribution in [0.4, 0.5) is 0 Å². The van der Waals surface area contributed by atoms with Gasteiger partial charge >= 0.3 is 0 Å². The Hall–Kier alpha value is -1.31. The van der Waals surface area contributed by atoms with Gasteiger partial charge in [-0.2, -0.15) is 0 Å². The predicted octanol–water partition coefficient (Wildman–Crippen LogP) is 3.02. The third kappa shape index (κ3) is 2.87. The van der Waals surface area contributed by atoms with Gasteiger partial charge in [-0.25, -0.2) is 0 Å². The van der Waals surface area contributed by atoms with Gasteiger partial charge in [-0.15, -0.1) is 0 Å². The van der Waals surface area contributed by atoms with E-state index in [9.17, 15) is 4.79 Å². The van der Waals surface area contributed by atoms with E-state index in [0.29, 0.717) is 5.91 Å². The maximum absolute atomic E-state index is 11.8. The molecule has 1 aromatic carbocycles. The molecule has 92 valence electrons. The monoisotopic (exact) mass is 231 g/mol. The largest absolute Gasteiger partial charge is 0.338 e. The van der Waals surface area contributed by atoms with Crippen LogP contribution >= 0.6 is 0 Å². The van der Waals surface area contributed by atoms with E-state index < -0.39 is 0 Å². The first-order chi connectivity index (χ1) is 8.09. The highest BCUT2D eigenvalue weighted by molar-refractivity contribution is 5.79. The number of benzene rings is 1. The number of rotatable bonds is 4. The molecule has 2 rings (SSSR count). The van der Waals surface area contributed by atoms with Crippen LogP contribution in [0.25, 0.3) is 0 Å². The van der Waals surface area contributed by atoms with Crippen molar-refractivity contribution in [1.82, 2.24) is 4.90 Å². The second-order valence-electron chi connectivity index (χ2n) is 5.45. The topological polar surface area (TPSA) is 20.3 Å². The highest BCUT2D eigenvalue weighted by Crippen LogP contribution is 2.29. The molecule has 1 fully saturated rings. The summed E-state index contributed by atoms with van der Waals surface area (Å²) >= 11 is 0. The van der Waals surface area contributed by atoms with E-state index in [-0.39, 0.29) is 5.54 Å². The molecule has 1 amide bonds. The van der Waals surface area contributed by atoms with Crippen LogP contribution in [-0.2, 0) is 11.2 Å². The molecule has 0 radical (unpaired) electrons. The van der Waals surface area contributed by atoms with Gasteiger partial charge in [0, 0.05) is 18.5 Å². The van der Waals surface area contributed by atoms with Gasteiger partial charge in [0.1, 0.15) is 0 Å². The molecule has 0 aliphatic carbocycles. The minimum Gasteiger partial charge on any atom is -0.338 e. The van der Waals surface area contributed by atoms with E-state index in [0.717, 1.165) is 32.2 Å². The normalized spacial score (nSPS) is 18.7. The molecule has 0 N–H and O–H groups in total. The molecule has 1 aliphatic heterocycles. The maximum atomic E-state index is 11.8. The van der Waals surface area contributed by atoms with E-state index >= 15 is 0 Å². The second-order valence-corrected chi connectivity index (χ2v) is 5.45. The van der Waals surface area contributed by atoms with Crippen LogP contribution in [0.2, 0.25) is 0 Å². The van der Waals surface area contributed by atoms with Crippen LogP contribution < -0.4 is 0 Å². The Morgan fingerprint density at radius 1 is 1.24 bits per heavy atom. The number of amides is 1. The molecule has 1 aromatic rings. The van der Waals surface area contributed by atoms with Crippen molar-refractivity contribution in [1.29, 1.82) is 0 Å². The number of carbonyl (C=O) groups is 1. The second kappa shape index (κ2) is 4.91. The average Bonchev–Trinajstić information content (AvgIpc) is 2.57. The zero-order chi connectivity index (χ0) is 12.3. The minimum absolute atomic E-state index is 0.0633. The molecule has 0 atom stereocenters. The summed E-state index contributed by atoms with van der Waals surface area (Å²) < 4.78 is 0. The van der Waals surface area contributed by atoms with Gasteiger partial charge in [-0.05, 0) is 38.7 Å². The molecule has 0 saturated carbocycles. The number of hydrogen-bond donors (Lipinski definition) is 0. The fraction of sp³-hybridized carbons (Fsp3) is 0.533. The summed E-state index contributed by atoms with van der Waals surface area (Å²) in [6.07, 6.45) is 3.83. The van der Waals surface area contributed by atoms with Gasteiger partial charge in [0.05, 0.1) is 0 Å². The Morgan fingerprint density at radius 2 is 1.94 bits per heavy atom. The van der Waals surface area contributed by atoms with E-state index in [1.807, 2.05) is 6.07 Å². The Morgan fingerprint density at radius 3 is 2.53 bits per heavy atom. The molecular formula is C15H21NO. The number of carbonyl (C=O) groups excluding carboxylic acids is 1. The first-order valence-corrected chi connectivity index (χ1v) is 6.44. The van der Waals surface area contributed by atoms with Crippen molar-refractivity contribution in [3.63, 3.8) is 0 Å². The maximum Gasteiger partial charge on any atom is 0.223 e. The van der Waals surface area contributed by atoms with Crippen LogP contribution in [0, 0.1) is 0 Å². The molecule has 0 aromatic heterocycles. The van der Waals surface area contributed by atoms with Crippen molar-refractivity contribution in [2.24, 2.45) is 0 Å². The SMILES string of the molecule is CC1(C)CCC(=O)N1CCCc1ccccc1. The lowest BCUT2D eigenvalue weighted by Gasteiger charge is -2.31. The molecule has 0 unspecified atom stereocenters. The van der Waals surface area contributed by atoms with Crippen LogP contribution in [0.1, 0.15) is 38.7 Å². The van der Waals surface area contributed by atoms with E-state index in [1.165, 1.54) is 5.56 Å². The van der Waals surface area contributed by atoms with Crippen LogP contribution in [0.15, 0.2) is 30.3 Å². The lowest BCUT2D eigenvalue weighted by molar-refractivity contribution is -0.130. The summed E-state index contributed by atoms with van der Waals surface area (Å²) in [5.74, 6) is 0.322. The molecule has 17 heavy (non-hydrogen) atoms. The van der Waals surface area contributed by atoms with Crippen molar-refractivity contribution in [3.05, 3.63) is 35.9 Å². The standard InChI is InChI=1S/C15H21NO/c1-15(2)11-10-14(17)16(15)12-6-9-13-7-4-3-5-8-13/h3-5,7-8H,6,9-12H2,1-2H3. The number of aryl methyl sites for hydroxylation is 1. The zero-order valence-corrected chi connectivity index (χ0v) is 10.8. The number of nitrogens with zero attached hydrogens (tertiary/aromatic N) is 1. The highest BCUT2D eigenvalue weighted by atomic mass is 16.2. The fourth-order valence-electron chi connectivity index (χ4n) is 2.53. The van der Waals surface area contributed by atoms with Crippen LogP contribution in [-0.4, -0.2) is 22.9 Å². The smallest absolute Gasteiger partial charge is 0.223 e. The van der Waals surface area contributed by atoms with Crippen molar-refractivity contribution in [3.8, 4) is 0 Å². The lowest BCUT2D eigenvalue weighted by Crippen LogP contribution is -2.41. The third-order valence-corrected chi connectivity index (χ3v) is 3.67. The van der Waals surface area contributed by atoms with Crippen molar-refractivity contribution in [2.45, 2.75) is 45.1 Å². The van der Waals surface area contributed by atoms with Crippen LogP contribution in [0.3, 0.4) is 0 Å². The van der Waals surface area contributed by atoms with Crippen LogP contribution in [0.5, 0.6) is 0 Å². The summed E-state index contributed by atoms with van der Waals surface area (Å²) in [5, 5.41) is 0. The summed E-state index contributed by atoms with van der Waals surface area (Å²) in [5.41, 5.74) is 1.42. The molecule has 0 bridgehead atoms. The summed E-state index contributed by atoms with van der Waals surface area (Å²) in [6.45, 7) is 5.22. The third-order valence-electron chi connectivity index (χ3n) is 3.67. The van der Waals surface area contributed by atoms with Crippen molar-refractivity contribution < 1.29 is 4.79 Å². The Balaban J connectivity index is 1.84. The minimum atomic E-state index is 0.0633. The molecule has 2 heteroatoms. The lowest BCUT2D eigenvalue weighted by atomic mass is 10.0. The first-order valence-electron chi connectivity index (χ1n) is 6.44. The van der Waals surface area contributed by atoms with E-state index in [1.54, 1.807) is 0 Å². The molecular weight excluding hydrogens is 210 g/mol. The Labute approximate surface area is 104 Å². The summed E-state index contributed by atoms with van der Waals surface area (Å²) in [4.78, 5) is 13.8. The van der Waals surface area contributed by atoms with Gasteiger partial charge in [-0.3, -0.25) is 4.79 Å². The van der Waals surface area contributed by atoms with Crippen molar-refractivity contribution in [2.75, 3.05) is 6.54 Å². The average molecular weight is 231 g/mol. The highest BCUT2D eigenvalue weighted by Gasteiger charge is 2.36. The Bertz CT molecular complexity index is 383. The molecule has 0 spiro atoms. The van der Waals surface area contributed by atoms with Gasteiger partial charge < -0.3 is 4.90 Å². The quantitative estimate of drug-likeness (QED) is 0.780. The Kier molecular flexibility index (Phi) is 3.51. The van der Waals surface area contributed by atoms with E-state index in [2.05, 4.69) is 43.0 Å². The molecule has 1 saturated heterocycles. The van der Waals surface area contributed by atoms with E-state index in [4.69, 9.17) is 0 Å². The van der Waals surface area contributed by atoms with Gasteiger partial charge in [0.2, 0.25) is 5.91 Å². The molecule has 1 heterocycles. The number of likely N-dealkylation sites (tertiary alicyclic amines) is 1. The number of hydrogen-bond acceptors (Lipinski definition) is 1. The summed E-state index contributed by atoms with van der Waals surface area (Å²) in [7, 11) is 0. The van der Waals surface area contributed by atoms with Gasteiger partial charge in [0.25, 0.3) is 0 Å². The predicted molar refractivity (Wildman–Crippen MR) is 69.8 cm³/mol. The molecule has 2 nitrogen and oxygen atoms in total. The zero-order valence-electron chi connectivity index (χ0n) is 10.8. The molecule has 1 aliphatic rings. The van der Waals surface area contributed by atoms with Gasteiger partial charge in [0.15, 0.2) is 0 Å². The first kappa shape index (κ1) is 12.2. The van der Waals surface area contributed by atoms with Crippen molar-refractivity contribution >= 4 is 5.91 Å². The fourth-order valence-corrected chi connectivity index (χ4v) is 2.53.